The molecule has 0 radical (unpaired) electrons. The van der Waals surface area contributed by atoms with Gasteiger partial charge in [0.15, 0.2) is 0 Å². The summed E-state index contributed by atoms with van der Waals surface area (Å²) in [6, 6.07) is 5.31. The average Bonchev–Trinajstić information content (AvgIpc) is 3.16. The normalized spacial score (nSPS) is 25.8. The molecule has 3 unspecified atom stereocenters. The number of nitrogens with zero attached hydrogens (tertiary/aromatic N) is 2. The molecule has 3 atom stereocenters. The van der Waals surface area contributed by atoms with Crippen molar-refractivity contribution < 1.29 is 32.3 Å². The first-order valence-electron chi connectivity index (χ1n) is 10.1. The number of piperidine rings is 1. The molecule has 9 heteroatoms. The number of halogens is 3. The molecule has 30 heavy (non-hydrogen) atoms. The van der Waals surface area contributed by atoms with Crippen LogP contribution in [0.15, 0.2) is 28.8 Å². The predicted molar refractivity (Wildman–Crippen MR) is 98.7 cm³/mol. The molecule has 0 spiro atoms. The number of aromatic nitrogens is 1. The number of carbonyl (C=O) groups is 1. The van der Waals surface area contributed by atoms with Crippen LogP contribution in [0.1, 0.15) is 48.5 Å². The van der Waals surface area contributed by atoms with Gasteiger partial charge < -0.3 is 19.3 Å². The van der Waals surface area contributed by atoms with E-state index in [2.05, 4.69) is 5.16 Å². The van der Waals surface area contributed by atoms with Crippen LogP contribution in [0.3, 0.4) is 0 Å². The van der Waals surface area contributed by atoms with Gasteiger partial charge in [0.25, 0.3) is 0 Å². The Bertz CT molecular complexity index is 969. The first-order chi connectivity index (χ1) is 14.3. The fourth-order valence-electron chi connectivity index (χ4n) is 4.81. The van der Waals surface area contributed by atoms with Crippen molar-refractivity contribution in [2.45, 2.75) is 56.5 Å². The lowest BCUT2D eigenvalue weighted by molar-refractivity contribution is -0.137. The number of hydrogen-bond acceptors (Lipinski definition) is 4. The molecular weight excluding hydrogens is 401 g/mol. The molecule has 1 saturated heterocycles. The highest BCUT2D eigenvalue weighted by Crippen LogP contribution is 2.47. The fraction of sp³-hybridized carbons (Fsp3) is 0.524. The van der Waals surface area contributed by atoms with Crippen LogP contribution in [0.4, 0.5) is 18.0 Å². The van der Waals surface area contributed by atoms with Gasteiger partial charge in [0.05, 0.1) is 18.3 Å². The summed E-state index contributed by atoms with van der Waals surface area (Å²) in [7, 11) is 0. The molecular formula is C21H21F3N2O4. The highest BCUT2D eigenvalue weighted by Gasteiger charge is 2.47. The van der Waals surface area contributed by atoms with Crippen LogP contribution >= 0.6 is 0 Å². The van der Waals surface area contributed by atoms with Crippen molar-refractivity contribution >= 4 is 6.09 Å². The molecule has 160 valence electrons. The maximum absolute atomic E-state index is 13.5. The molecule has 1 N–H and O–H groups in total. The number of fused-ring (bicyclic) bond motifs is 2. The van der Waals surface area contributed by atoms with E-state index in [1.165, 1.54) is 17.0 Å². The Morgan fingerprint density at radius 1 is 1.27 bits per heavy atom. The Labute approximate surface area is 170 Å². The van der Waals surface area contributed by atoms with E-state index in [0.717, 1.165) is 25.3 Å². The summed E-state index contributed by atoms with van der Waals surface area (Å²) >= 11 is 0. The number of carboxylic acid groups (broad SMARTS) is 1. The van der Waals surface area contributed by atoms with Gasteiger partial charge in [0.1, 0.15) is 11.5 Å². The van der Waals surface area contributed by atoms with Crippen molar-refractivity contribution in [3.05, 3.63) is 41.2 Å². The minimum Gasteiger partial charge on any atom is -0.465 e. The molecule has 2 saturated carbocycles. The average molecular weight is 422 g/mol. The minimum absolute atomic E-state index is 0.00996. The van der Waals surface area contributed by atoms with E-state index in [4.69, 9.17) is 9.26 Å². The number of rotatable bonds is 5. The number of hydrogen-bond donors (Lipinski definition) is 1. The molecule has 1 aromatic carbocycles. The van der Waals surface area contributed by atoms with Crippen molar-refractivity contribution in [2.75, 3.05) is 6.54 Å². The summed E-state index contributed by atoms with van der Waals surface area (Å²) in [5, 5.41) is 13.2. The van der Waals surface area contributed by atoms with Crippen LogP contribution in [-0.4, -0.2) is 39.9 Å². The Morgan fingerprint density at radius 3 is 2.67 bits per heavy atom. The number of alkyl halides is 3. The molecule has 1 aromatic heterocycles. The second kappa shape index (κ2) is 7.01. The third-order valence-corrected chi connectivity index (χ3v) is 6.42. The van der Waals surface area contributed by atoms with Crippen molar-refractivity contribution in [2.24, 2.45) is 5.92 Å². The topological polar surface area (TPSA) is 75.8 Å². The van der Waals surface area contributed by atoms with E-state index in [1.54, 1.807) is 6.07 Å². The molecule has 3 aliphatic rings. The zero-order chi connectivity index (χ0) is 21.0. The molecule has 3 fully saturated rings. The van der Waals surface area contributed by atoms with Gasteiger partial charge in [0.2, 0.25) is 0 Å². The van der Waals surface area contributed by atoms with E-state index in [-0.39, 0.29) is 41.8 Å². The van der Waals surface area contributed by atoms with Crippen LogP contribution in [0, 0.1) is 5.92 Å². The van der Waals surface area contributed by atoms with Gasteiger partial charge in [-0.05, 0) is 31.7 Å². The van der Waals surface area contributed by atoms with Gasteiger partial charge in [-0.1, -0.05) is 23.4 Å². The Morgan fingerprint density at radius 2 is 2.03 bits per heavy atom. The zero-order valence-electron chi connectivity index (χ0n) is 16.1. The van der Waals surface area contributed by atoms with Gasteiger partial charge in [-0.15, -0.1) is 0 Å². The molecule has 2 bridgehead atoms. The van der Waals surface area contributed by atoms with Gasteiger partial charge in [-0.25, -0.2) is 4.79 Å². The summed E-state index contributed by atoms with van der Waals surface area (Å²) in [5.41, 5.74) is -0.00428. The summed E-state index contributed by atoms with van der Waals surface area (Å²) < 4.78 is 52.2. The monoisotopic (exact) mass is 422 g/mol. The predicted octanol–water partition coefficient (Wildman–Crippen LogP) is 4.90. The summed E-state index contributed by atoms with van der Waals surface area (Å²) in [5.74, 6) is 0.893. The Kier molecular flexibility index (Phi) is 4.53. The van der Waals surface area contributed by atoms with E-state index < -0.39 is 17.8 Å². The van der Waals surface area contributed by atoms with Crippen molar-refractivity contribution in [1.29, 1.82) is 0 Å². The summed E-state index contributed by atoms with van der Waals surface area (Å²) in [6.45, 7) is 0.547. The molecule has 2 aliphatic carbocycles. The van der Waals surface area contributed by atoms with Gasteiger partial charge >= 0.3 is 12.3 Å². The molecule has 1 amide bonds. The summed E-state index contributed by atoms with van der Waals surface area (Å²) in [6.07, 6.45) is -2.32. The quantitative estimate of drug-likeness (QED) is 0.742. The lowest BCUT2D eigenvalue weighted by Crippen LogP contribution is -2.41. The molecule has 5 rings (SSSR count). The first-order valence-corrected chi connectivity index (χ1v) is 10.1. The van der Waals surface area contributed by atoms with Gasteiger partial charge in [0, 0.05) is 35.5 Å². The second-order valence-corrected chi connectivity index (χ2v) is 8.36. The van der Waals surface area contributed by atoms with Crippen molar-refractivity contribution in [3.63, 3.8) is 0 Å². The lowest BCUT2D eigenvalue weighted by atomic mass is 9.99. The maximum atomic E-state index is 13.5. The standard InChI is InChI=1S/C21H21F3N2O4/c22-21(23,24)16-4-2-1-3-14(16)18-15(19(30-25-18)11-5-6-11)10-29-17-8-13-7-12(17)9-26(13)20(27)28/h1-4,11-13,17H,5-10H2,(H,27,28). The molecule has 2 heterocycles. The van der Waals surface area contributed by atoms with Crippen LogP contribution in [-0.2, 0) is 17.5 Å². The Balaban J connectivity index is 1.40. The maximum Gasteiger partial charge on any atom is 0.417 e. The fourth-order valence-corrected chi connectivity index (χ4v) is 4.81. The second-order valence-electron chi connectivity index (χ2n) is 8.36. The van der Waals surface area contributed by atoms with E-state index >= 15 is 0 Å². The smallest absolute Gasteiger partial charge is 0.417 e. The van der Waals surface area contributed by atoms with Crippen molar-refractivity contribution in [1.82, 2.24) is 10.1 Å². The number of benzene rings is 1. The number of amides is 1. The highest BCUT2D eigenvalue weighted by molar-refractivity contribution is 5.68. The third-order valence-electron chi connectivity index (χ3n) is 6.42. The Hall–Kier alpha value is -2.55. The van der Waals surface area contributed by atoms with E-state index in [9.17, 15) is 23.1 Å². The number of ether oxygens (including phenoxy) is 1. The van der Waals surface area contributed by atoms with Gasteiger partial charge in [-0.2, -0.15) is 13.2 Å². The summed E-state index contributed by atoms with van der Waals surface area (Å²) in [4.78, 5) is 12.7. The lowest BCUT2D eigenvalue weighted by Gasteiger charge is -2.29. The van der Waals surface area contributed by atoms with E-state index in [0.29, 0.717) is 24.3 Å². The first kappa shape index (κ1) is 19.4. The molecule has 6 nitrogen and oxygen atoms in total. The van der Waals surface area contributed by atoms with Crippen LogP contribution in [0.2, 0.25) is 0 Å². The minimum atomic E-state index is -4.50. The SMILES string of the molecule is O=C(O)N1CC2CC1CC2OCc1c(-c2ccccc2C(F)(F)F)noc1C1CC1. The third kappa shape index (κ3) is 3.34. The number of likely N-dealkylation sites (tertiary alicyclic amines) is 1. The van der Waals surface area contributed by atoms with Gasteiger partial charge in [-0.3, -0.25) is 0 Å². The molecule has 2 aromatic rings. The van der Waals surface area contributed by atoms with Crippen molar-refractivity contribution in [3.8, 4) is 11.3 Å². The largest absolute Gasteiger partial charge is 0.465 e. The van der Waals surface area contributed by atoms with Crippen LogP contribution in [0.25, 0.3) is 11.3 Å². The van der Waals surface area contributed by atoms with E-state index in [1.807, 2.05) is 0 Å². The zero-order valence-corrected chi connectivity index (χ0v) is 16.1. The van der Waals surface area contributed by atoms with Crippen LogP contribution < -0.4 is 0 Å². The van der Waals surface area contributed by atoms with Crippen LogP contribution in [0.5, 0.6) is 0 Å². The molecule has 1 aliphatic heterocycles. The highest BCUT2D eigenvalue weighted by atomic mass is 19.4.